The molecule has 16 nitrogen and oxygen atoms in total. The Hall–Kier alpha value is -3.06. The van der Waals surface area contributed by atoms with Gasteiger partial charge in [0.05, 0.1) is 18.8 Å². The number of esters is 1. The number of ether oxygens (including phenoxy) is 4. The Morgan fingerprint density at radius 2 is 1.63 bits per heavy atom. The first-order valence-electron chi connectivity index (χ1n) is 11.5. The van der Waals surface area contributed by atoms with E-state index in [1.807, 2.05) is 0 Å². The van der Waals surface area contributed by atoms with Crippen molar-refractivity contribution in [3.8, 4) is 0 Å². The summed E-state index contributed by atoms with van der Waals surface area (Å²) < 4.78 is 22.5. The summed E-state index contributed by atoms with van der Waals surface area (Å²) in [4.78, 5) is 27.3. The highest BCUT2D eigenvalue weighted by Crippen LogP contribution is 2.29. The van der Waals surface area contributed by atoms with Gasteiger partial charge >= 0.3 is 5.97 Å². The van der Waals surface area contributed by atoms with E-state index < -0.39 is 80.3 Å². The summed E-state index contributed by atoms with van der Waals surface area (Å²) in [6.07, 6.45) is -11.0. The number of primary amides is 1. The topological polar surface area (TPSA) is 249 Å². The van der Waals surface area contributed by atoms with Crippen molar-refractivity contribution in [1.82, 2.24) is 14.8 Å². The number of aliphatic hydroxyl groups is 6. The van der Waals surface area contributed by atoms with E-state index in [9.17, 15) is 40.2 Å². The van der Waals surface area contributed by atoms with Gasteiger partial charge in [0.25, 0.3) is 5.91 Å². The molecule has 0 bridgehead atoms. The van der Waals surface area contributed by atoms with E-state index in [0.717, 1.165) is 11.0 Å². The second-order valence-corrected chi connectivity index (χ2v) is 8.76. The highest BCUT2D eigenvalue weighted by molar-refractivity contribution is 5.89. The van der Waals surface area contributed by atoms with Gasteiger partial charge in [-0.15, -0.1) is 5.10 Å². The molecule has 2 saturated heterocycles. The number of nitrogens with two attached hydrogens (primary N) is 1. The van der Waals surface area contributed by atoms with Crippen LogP contribution in [0, 0.1) is 0 Å². The van der Waals surface area contributed by atoms with Crippen LogP contribution in [0.25, 0.3) is 0 Å². The zero-order valence-corrected chi connectivity index (χ0v) is 19.8. The summed E-state index contributed by atoms with van der Waals surface area (Å²) in [5.41, 5.74) is 5.83. The van der Waals surface area contributed by atoms with Gasteiger partial charge in [0, 0.05) is 0 Å². The molecule has 9 atom stereocenters. The first kappa shape index (κ1) is 28.0. The zero-order chi connectivity index (χ0) is 27.6. The minimum atomic E-state index is -1.56. The molecule has 3 heterocycles. The van der Waals surface area contributed by atoms with Crippen molar-refractivity contribution in [2.24, 2.45) is 5.73 Å². The van der Waals surface area contributed by atoms with Crippen molar-refractivity contribution >= 4 is 11.9 Å². The molecule has 0 aliphatic carbocycles. The largest absolute Gasteiger partial charge is 0.459 e. The number of amides is 1. The second-order valence-electron chi connectivity index (χ2n) is 8.76. The van der Waals surface area contributed by atoms with Crippen LogP contribution in [-0.2, 0) is 25.6 Å². The Balaban J connectivity index is 1.28. The molecular formula is C22H28N4O12. The van der Waals surface area contributed by atoms with Crippen molar-refractivity contribution in [2.75, 3.05) is 13.2 Å². The molecule has 1 amide bonds. The van der Waals surface area contributed by atoms with E-state index in [2.05, 4.69) is 10.1 Å². The standard InChI is InChI=1S/C22H28N4O12/c23-18(33)19-24-8-26(25-19)20-16(31)14(29)12(37-20)7-35-21(34)10-3-1-9(2-4-10)6-36-22-17(32)15(30)13(28)11(5-27)38-22/h1-4,8,11-17,20,22,27-32H,5-7H2,(H2,23,33)/t11?,12?,13?,14-,15?,16-,17?,20?,22?/m1/s1. The fraction of sp³-hybridized carbons (Fsp3) is 0.545. The predicted octanol–water partition coefficient (Wildman–Crippen LogP) is -3.83. The summed E-state index contributed by atoms with van der Waals surface area (Å²) >= 11 is 0. The van der Waals surface area contributed by atoms with Crippen molar-refractivity contribution in [3.63, 3.8) is 0 Å². The maximum Gasteiger partial charge on any atom is 0.338 e. The molecule has 38 heavy (non-hydrogen) atoms. The summed E-state index contributed by atoms with van der Waals surface area (Å²) in [6.45, 7) is -1.06. The van der Waals surface area contributed by atoms with Gasteiger partial charge in [-0.2, -0.15) is 0 Å². The average molecular weight is 540 g/mol. The van der Waals surface area contributed by atoms with Gasteiger partial charge in [0.15, 0.2) is 12.5 Å². The summed E-state index contributed by atoms with van der Waals surface area (Å²) in [5.74, 6) is -1.92. The van der Waals surface area contributed by atoms with Crippen LogP contribution < -0.4 is 5.73 Å². The lowest BCUT2D eigenvalue weighted by molar-refractivity contribution is -0.304. The number of benzene rings is 1. The number of nitrogens with zero attached hydrogens (tertiary/aromatic N) is 3. The molecule has 16 heteroatoms. The van der Waals surface area contributed by atoms with Gasteiger partial charge in [0.1, 0.15) is 55.7 Å². The third kappa shape index (κ3) is 5.83. The van der Waals surface area contributed by atoms with Gasteiger partial charge in [-0.25, -0.2) is 14.5 Å². The Bertz CT molecular complexity index is 1110. The van der Waals surface area contributed by atoms with Gasteiger partial charge in [-0.1, -0.05) is 12.1 Å². The molecule has 0 saturated carbocycles. The van der Waals surface area contributed by atoms with E-state index in [4.69, 9.17) is 24.7 Å². The summed E-state index contributed by atoms with van der Waals surface area (Å²) in [7, 11) is 0. The van der Waals surface area contributed by atoms with Crippen LogP contribution in [0.5, 0.6) is 0 Å². The molecule has 208 valence electrons. The monoisotopic (exact) mass is 540 g/mol. The predicted molar refractivity (Wildman–Crippen MR) is 120 cm³/mol. The van der Waals surface area contributed by atoms with E-state index in [-0.39, 0.29) is 18.0 Å². The lowest BCUT2D eigenvalue weighted by Crippen LogP contribution is -2.59. The van der Waals surface area contributed by atoms with Gasteiger partial charge in [-0.05, 0) is 17.7 Å². The molecule has 1 aromatic heterocycles. The van der Waals surface area contributed by atoms with Crippen molar-refractivity contribution in [1.29, 1.82) is 0 Å². The van der Waals surface area contributed by atoms with Crippen LogP contribution in [0.3, 0.4) is 0 Å². The number of hydrogen-bond donors (Lipinski definition) is 7. The SMILES string of the molecule is NC(=O)c1ncn(C2OC(COC(=O)c3ccc(COC4OC(CO)C(O)C(O)C4O)cc3)[C@@H](O)[C@H]2O)n1. The van der Waals surface area contributed by atoms with Crippen molar-refractivity contribution in [2.45, 2.75) is 61.9 Å². The maximum absolute atomic E-state index is 12.5. The minimum Gasteiger partial charge on any atom is -0.459 e. The summed E-state index contributed by atoms with van der Waals surface area (Å²) in [6, 6.07) is 5.97. The lowest BCUT2D eigenvalue weighted by Gasteiger charge is -2.39. The van der Waals surface area contributed by atoms with Gasteiger partial charge in [0.2, 0.25) is 5.82 Å². The highest BCUT2D eigenvalue weighted by Gasteiger charge is 2.45. The molecular weight excluding hydrogens is 512 g/mol. The average Bonchev–Trinajstić information content (AvgIpc) is 3.51. The van der Waals surface area contributed by atoms with Crippen LogP contribution in [0.4, 0.5) is 0 Å². The van der Waals surface area contributed by atoms with Crippen LogP contribution in [0.15, 0.2) is 30.6 Å². The number of carbonyl (C=O) groups is 2. The fourth-order valence-electron chi connectivity index (χ4n) is 3.96. The van der Waals surface area contributed by atoms with E-state index in [1.54, 1.807) is 12.1 Å². The Morgan fingerprint density at radius 3 is 2.26 bits per heavy atom. The quantitative estimate of drug-likeness (QED) is 0.151. The smallest absolute Gasteiger partial charge is 0.338 e. The number of aliphatic hydroxyl groups excluding tert-OH is 6. The molecule has 7 unspecified atom stereocenters. The highest BCUT2D eigenvalue weighted by atomic mass is 16.7. The molecule has 0 spiro atoms. The number of aromatic nitrogens is 3. The van der Waals surface area contributed by atoms with E-state index in [0.29, 0.717) is 5.56 Å². The Kier molecular flexibility index (Phi) is 8.66. The van der Waals surface area contributed by atoms with Crippen molar-refractivity contribution < 1.29 is 59.2 Å². The Morgan fingerprint density at radius 1 is 0.947 bits per heavy atom. The van der Waals surface area contributed by atoms with E-state index in [1.165, 1.54) is 12.1 Å². The van der Waals surface area contributed by atoms with Crippen LogP contribution >= 0.6 is 0 Å². The molecule has 2 aliphatic rings. The molecule has 0 radical (unpaired) electrons. The van der Waals surface area contributed by atoms with Crippen LogP contribution in [0.1, 0.15) is 32.8 Å². The van der Waals surface area contributed by atoms with Gasteiger partial charge in [-0.3, -0.25) is 4.79 Å². The number of rotatable bonds is 9. The first-order chi connectivity index (χ1) is 18.1. The molecule has 1 aromatic carbocycles. The first-order valence-corrected chi connectivity index (χ1v) is 11.5. The second kappa shape index (κ2) is 11.8. The third-order valence-corrected chi connectivity index (χ3v) is 6.16. The number of hydrogen-bond acceptors (Lipinski definition) is 14. The summed E-state index contributed by atoms with van der Waals surface area (Å²) in [5, 5.41) is 63.2. The van der Waals surface area contributed by atoms with Gasteiger partial charge < -0.3 is 55.3 Å². The molecule has 2 aromatic rings. The lowest BCUT2D eigenvalue weighted by atomic mass is 9.99. The van der Waals surface area contributed by atoms with Crippen LogP contribution in [-0.4, -0.2) is 120 Å². The Labute approximate surface area is 214 Å². The maximum atomic E-state index is 12.5. The normalized spacial score (nSPS) is 33.3. The van der Waals surface area contributed by atoms with Crippen LogP contribution in [0.2, 0.25) is 0 Å². The fourth-order valence-corrected chi connectivity index (χ4v) is 3.96. The zero-order valence-electron chi connectivity index (χ0n) is 19.8. The molecule has 2 aliphatic heterocycles. The number of carbonyl (C=O) groups excluding carboxylic acids is 2. The molecule has 2 fully saturated rings. The third-order valence-electron chi connectivity index (χ3n) is 6.16. The van der Waals surface area contributed by atoms with Crippen molar-refractivity contribution in [3.05, 3.63) is 47.5 Å². The minimum absolute atomic E-state index is 0.0842. The molecule has 8 N–H and O–H groups in total. The van der Waals surface area contributed by atoms with E-state index >= 15 is 0 Å². The molecule has 4 rings (SSSR count).